The summed E-state index contributed by atoms with van der Waals surface area (Å²) in [6.45, 7) is 4.07. The number of nitrogens with one attached hydrogen (secondary N) is 2. The molecule has 0 bridgehead atoms. The first-order valence-corrected chi connectivity index (χ1v) is 11.7. The van der Waals surface area contributed by atoms with Gasteiger partial charge in [-0.1, -0.05) is 0 Å². The van der Waals surface area contributed by atoms with E-state index >= 15 is 0 Å². The van der Waals surface area contributed by atoms with Gasteiger partial charge in [-0.05, 0) is 56.2 Å². The number of nitrogens with two attached hydrogens (primary N) is 1. The highest BCUT2D eigenvalue weighted by atomic mass is 32.2. The van der Waals surface area contributed by atoms with Crippen LogP contribution in [0.5, 0.6) is 0 Å². The van der Waals surface area contributed by atoms with Crippen LogP contribution in [0, 0.1) is 6.92 Å². The summed E-state index contributed by atoms with van der Waals surface area (Å²) in [5.41, 5.74) is 5.86. The summed E-state index contributed by atoms with van der Waals surface area (Å²) in [6, 6.07) is 0.957. The molecule has 1 atom stereocenters. The van der Waals surface area contributed by atoms with E-state index in [4.69, 9.17) is 10.1 Å². The fourth-order valence-electron chi connectivity index (χ4n) is 4.24. The predicted molar refractivity (Wildman–Crippen MR) is 109 cm³/mol. The molecule has 1 unspecified atom stereocenters. The largest absolute Gasteiger partial charge is 0.354 e. The fraction of sp³-hybridized carbons (Fsp3) is 0.526. The Morgan fingerprint density at radius 2 is 2.24 bits per heavy atom. The molecule has 1 saturated carbocycles. The average Bonchev–Trinajstić information content (AvgIpc) is 3.24. The van der Waals surface area contributed by atoms with Crippen LogP contribution in [0.1, 0.15) is 53.4 Å². The number of hydrogen-bond donors (Lipinski definition) is 3. The zero-order valence-electron chi connectivity index (χ0n) is 16.4. The smallest absolute Gasteiger partial charge is 0.309 e. The number of aromatic nitrogens is 3. The molecule has 0 radical (unpaired) electrons. The van der Waals surface area contributed by atoms with Crippen LogP contribution in [-0.4, -0.2) is 31.5 Å². The average molecular weight is 416 g/mol. The minimum absolute atomic E-state index is 0.140. The maximum Gasteiger partial charge on any atom is 0.354 e. The lowest BCUT2D eigenvalue weighted by molar-refractivity contribution is 0.260. The van der Waals surface area contributed by atoms with E-state index in [1.807, 2.05) is 6.92 Å². The number of aryl methyl sites for hydroxylation is 1. The number of fused-ring (bicyclic) bond motifs is 2. The summed E-state index contributed by atoms with van der Waals surface area (Å²) in [5.74, 6) is 0.484. The Balaban J connectivity index is 1.46. The van der Waals surface area contributed by atoms with E-state index in [0.717, 1.165) is 72.5 Å². The van der Waals surface area contributed by atoms with Gasteiger partial charge in [-0.15, -0.1) is 4.36 Å². The number of carbonyl (C=O) groups excluding carboxylic acids is 1. The van der Waals surface area contributed by atoms with Crippen LogP contribution in [0.2, 0.25) is 0 Å². The highest BCUT2D eigenvalue weighted by Crippen LogP contribution is 2.44. The van der Waals surface area contributed by atoms with Gasteiger partial charge in [0.05, 0.1) is 17.9 Å². The third-order valence-electron chi connectivity index (χ3n) is 5.87. The van der Waals surface area contributed by atoms with Gasteiger partial charge in [0.2, 0.25) is 0 Å². The molecular formula is C19H25N7O2S. The van der Waals surface area contributed by atoms with E-state index in [9.17, 15) is 9.00 Å². The van der Waals surface area contributed by atoms with Gasteiger partial charge >= 0.3 is 6.03 Å². The van der Waals surface area contributed by atoms with Gasteiger partial charge in [0.15, 0.2) is 14.9 Å². The van der Waals surface area contributed by atoms with Crippen molar-refractivity contribution in [3.8, 4) is 0 Å². The standard InChI is InChI=1S/C19H25N7O2S/c1-11-17(12-5-6-12)22-15-4-2-3-14(15)18(11)23-19(27)25-29(20,28)16-9-13-10-21-7-8-26(13)24-16/h9,12,21H,2-8,10H2,1H3,(H3,20,22,23,25,27,28). The number of hydrogen-bond acceptors (Lipinski definition) is 5. The zero-order chi connectivity index (χ0) is 20.2. The number of anilines is 1. The number of pyridine rings is 1. The van der Waals surface area contributed by atoms with Crippen molar-refractivity contribution in [2.24, 2.45) is 9.50 Å². The molecule has 0 spiro atoms. The lowest BCUT2D eigenvalue weighted by Gasteiger charge is -2.15. The van der Waals surface area contributed by atoms with Crippen LogP contribution in [0.3, 0.4) is 0 Å². The number of amides is 2. The van der Waals surface area contributed by atoms with Gasteiger partial charge in [0, 0.05) is 30.4 Å². The maximum atomic E-state index is 13.0. The molecule has 2 amide bonds. The Kier molecular flexibility index (Phi) is 4.45. The monoisotopic (exact) mass is 415 g/mol. The molecule has 2 aromatic rings. The second-order valence-corrected chi connectivity index (χ2v) is 9.75. The zero-order valence-corrected chi connectivity index (χ0v) is 17.2. The van der Waals surface area contributed by atoms with Crippen molar-refractivity contribution in [1.82, 2.24) is 20.1 Å². The third-order valence-corrected chi connectivity index (χ3v) is 7.10. The summed E-state index contributed by atoms with van der Waals surface area (Å²) in [4.78, 5) is 17.5. The predicted octanol–water partition coefficient (Wildman–Crippen LogP) is 1.99. The first-order valence-electron chi connectivity index (χ1n) is 10.1. The van der Waals surface area contributed by atoms with Crippen molar-refractivity contribution >= 4 is 21.6 Å². The molecular weight excluding hydrogens is 390 g/mol. The van der Waals surface area contributed by atoms with Gasteiger partial charge < -0.3 is 10.6 Å². The van der Waals surface area contributed by atoms with E-state index in [0.29, 0.717) is 19.0 Å². The van der Waals surface area contributed by atoms with Crippen LogP contribution >= 0.6 is 0 Å². The van der Waals surface area contributed by atoms with Crippen molar-refractivity contribution in [3.63, 3.8) is 0 Å². The summed E-state index contributed by atoms with van der Waals surface area (Å²) >= 11 is 0. The summed E-state index contributed by atoms with van der Waals surface area (Å²) < 4.78 is 18.5. The van der Waals surface area contributed by atoms with E-state index in [1.165, 1.54) is 0 Å². The van der Waals surface area contributed by atoms with Crippen LogP contribution in [0.15, 0.2) is 15.5 Å². The van der Waals surface area contributed by atoms with E-state index in [-0.39, 0.29) is 5.03 Å². The van der Waals surface area contributed by atoms with Gasteiger partial charge in [0.25, 0.3) is 0 Å². The highest BCUT2D eigenvalue weighted by Gasteiger charge is 2.31. The topological polar surface area (TPSA) is 127 Å². The van der Waals surface area contributed by atoms with E-state index < -0.39 is 15.9 Å². The number of urea groups is 1. The van der Waals surface area contributed by atoms with Crippen LogP contribution in [-0.2, 0) is 35.8 Å². The van der Waals surface area contributed by atoms with Crippen molar-refractivity contribution < 1.29 is 9.00 Å². The SMILES string of the molecule is Cc1c(C2CC2)nc2c(c1NC(=O)N=S(N)(=O)c1cc3n(n1)CCNC3)CCC2. The normalized spacial score (nSPS) is 19.9. The highest BCUT2D eigenvalue weighted by molar-refractivity contribution is 7.91. The Morgan fingerprint density at radius 1 is 1.41 bits per heavy atom. The molecule has 1 fully saturated rings. The molecule has 5 rings (SSSR count). The van der Waals surface area contributed by atoms with Gasteiger partial charge in [-0.25, -0.2) is 14.1 Å². The Labute approximate surface area is 169 Å². The van der Waals surface area contributed by atoms with E-state index in [2.05, 4.69) is 20.1 Å². The fourth-order valence-corrected chi connectivity index (χ4v) is 5.14. The third kappa shape index (κ3) is 3.45. The Hall–Kier alpha value is -2.30. The quantitative estimate of drug-likeness (QED) is 0.706. The molecule has 2 aromatic heterocycles. The molecule has 3 aliphatic rings. The van der Waals surface area contributed by atoms with Gasteiger partial charge in [-0.2, -0.15) is 5.10 Å². The lowest BCUT2D eigenvalue weighted by atomic mass is 10.0. The molecule has 2 aliphatic carbocycles. The van der Waals surface area contributed by atoms with Crippen LogP contribution in [0.25, 0.3) is 0 Å². The van der Waals surface area contributed by atoms with Gasteiger partial charge in [0.1, 0.15) is 0 Å². The molecule has 1 aliphatic heterocycles. The number of rotatable bonds is 3. The molecule has 154 valence electrons. The second kappa shape index (κ2) is 6.89. The van der Waals surface area contributed by atoms with Crippen molar-refractivity contribution in [1.29, 1.82) is 0 Å². The summed E-state index contributed by atoms with van der Waals surface area (Å²) in [6.07, 6.45) is 5.11. The molecule has 3 heterocycles. The van der Waals surface area contributed by atoms with Gasteiger partial charge in [-0.3, -0.25) is 9.67 Å². The van der Waals surface area contributed by atoms with E-state index in [1.54, 1.807) is 10.7 Å². The maximum absolute atomic E-state index is 13.0. The first-order chi connectivity index (χ1) is 13.9. The van der Waals surface area contributed by atoms with Crippen LogP contribution in [0.4, 0.5) is 10.5 Å². The Bertz CT molecular complexity index is 1100. The molecule has 0 aromatic carbocycles. The first kappa shape index (κ1) is 18.7. The van der Waals surface area contributed by atoms with Crippen molar-refractivity contribution in [2.45, 2.75) is 63.1 Å². The molecule has 10 heteroatoms. The minimum atomic E-state index is -3.43. The Morgan fingerprint density at radius 3 is 3.00 bits per heavy atom. The number of carbonyl (C=O) groups is 1. The molecule has 29 heavy (non-hydrogen) atoms. The minimum Gasteiger partial charge on any atom is -0.309 e. The van der Waals surface area contributed by atoms with Crippen molar-refractivity contribution in [3.05, 3.63) is 34.3 Å². The number of nitrogens with zero attached hydrogens (tertiary/aromatic N) is 4. The summed E-state index contributed by atoms with van der Waals surface area (Å²) in [7, 11) is -3.43. The lowest BCUT2D eigenvalue weighted by Crippen LogP contribution is -2.28. The summed E-state index contributed by atoms with van der Waals surface area (Å²) in [5, 5.41) is 16.5. The van der Waals surface area contributed by atoms with Crippen molar-refractivity contribution in [2.75, 3.05) is 11.9 Å². The molecule has 4 N–H and O–H groups in total. The molecule has 0 saturated heterocycles. The van der Waals surface area contributed by atoms with Crippen LogP contribution < -0.4 is 15.8 Å². The second-order valence-electron chi connectivity index (χ2n) is 8.01. The molecule has 9 nitrogen and oxygen atoms in total.